The average molecular weight is 336 g/mol. The molecular formula is C14H29NO4SSi. The van der Waals surface area contributed by atoms with E-state index >= 15 is 0 Å². The Morgan fingerprint density at radius 3 is 2.86 bits per heavy atom. The van der Waals surface area contributed by atoms with Crippen LogP contribution in [0.1, 0.15) is 33.6 Å². The summed E-state index contributed by atoms with van der Waals surface area (Å²) >= 11 is 1.50. The van der Waals surface area contributed by atoms with Crippen molar-refractivity contribution in [2.45, 2.75) is 45.2 Å². The van der Waals surface area contributed by atoms with Crippen LogP contribution in [-0.4, -0.2) is 64.8 Å². The van der Waals surface area contributed by atoms with E-state index in [4.69, 9.17) is 13.3 Å². The Morgan fingerprint density at radius 1 is 1.33 bits per heavy atom. The predicted octanol–water partition coefficient (Wildman–Crippen LogP) is 1.61. The Bertz CT molecular complexity index is 309. The van der Waals surface area contributed by atoms with Crippen LogP contribution in [0, 0.1) is 0 Å². The molecule has 1 saturated heterocycles. The van der Waals surface area contributed by atoms with Gasteiger partial charge in [-0.05, 0) is 51.7 Å². The third kappa shape index (κ3) is 7.14. The molecule has 1 aliphatic rings. The molecule has 0 amide bonds. The molecule has 0 spiro atoms. The van der Waals surface area contributed by atoms with E-state index in [1.807, 2.05) is 20.8 Å². The lowest BCUT2D eigenvalue weighted by Gasteiger charge is -2.12. The lowest BCUT2D eigenvalue weighted by molar-refractivity contribution is -0.147. The summed E-state index contributed by atoms with van der Waals surface area (Å²) in [5, 5.41) is 0. The summed E-state index contributed by atoms with van der Waals surface area (Å²) in [4.78, 5) is 14.2. The van der Waals surface area contributed by atoms with E-state index in [1.165, 1.54) is 12.0 Å². The maximum atomic E-state index is 12.0. The molecule has 0 radical (unpaired) electrons. The van der Waals surface area contributed by atoms with Gasteiger partial charge in [0.1, 0.15) is 5.54 Å². The lowest BCUT2D eigenvalue weighted by atomic mass is 10.2. The lowest BCUT2D eigenvalue weighted by Crippen LogP contribution is -2.29. The van der Waals surface area contributed by atoms with Gasteiger partial charge in [0.2, 0.25) is 0 Å². The van der Waals surface area contributed by atoms with Crippen molar-refractivity contribution in [1.82, 2.24) is 4.90 Å². The standard InChI is InChI=1S/C14H29NO4SSi/c1-4-18-20-10-6-8-15-12-14(15,3)13(16)17-9-7-11-21-19-5-2/h4-12,21H2,1-3H3. The van der Waals surface area contributed by atoms with Crippen LogP contribution in [0.25, 0.3) is 0 Å². The van der Waals surface area contributed by atoms with E-state index in [9.17, 15) is 4.79 Å². The van der Waals surface area contributed by atoms with Crippen molar-refractivity contribution in [3.63, 3.8) is 0 Å². The monoisotopic (exact) mass is 335 g/mol. The van der Waals surface area contributed by atoms with E-state index in [0.29, 0.717) is 6.61 Å². The number of hydrogen-bond donors (Lipinski definition) is 0. The number of ether oxygens (including phenoxy) is 1. The highest BCUT2D eigenvalue weighted by atomic mass is 32.2. The van der Waals surface area contributed by atoms with Crippen molar-refractivity contribution in [2.24, 2.45) is 0 Å². The zero-order valence-electron chi connectivity index (χ0n) is 13.6. The third-order valence-corrected chi connectivity index (χ3v) is 5.85. The molecule has 0 aromatic rings. The summed E-state index contributed by atoms with van der Waals surface area (Å²) in [5.41, 5.74) is -0.381. The maximum absolute atomic E-state index is 12.0. The smallest absolute Gasteiger partial charge is 0.327 e. The van der Waals surface area contributed by atoms with Crippen molar-refractivity contribution < 1.29 is 18.1 Å². The van der Waals surface area contributed by atoms with Gasteiger partial charge < -0.3 is 13.3 Å². The van der Waals surface area contributed by atoms with Crippen LogP contribution < -0.4 is 0 Å². The second kappa shape index (κ2) is 10.6. The number of nitrogens with zero attached hydrogens (tertiary/aromatic N) is 1. The molecule has 0 aliphatic carbocycles. The molecule has 0 saturated carbocycles. The second-order valence-corrected chi connectivity index (χ2v) is 7.72. The largest absolute Gasteiger partial charge is 0.464 e. The van der Waals surface area contributed by atoms with Crippen molar-refractivity contribution in [1.29, 1.82) is 0 Å². The quantitative estimate of drug-likeness (QED) is 0.168. The van der Waals surface area contributed by atoms with E-state index in [1.54, 1.807) is 0 Å². The third-order valence-electron chi connectivity index (χ3n) is 3.51. The van der Waals surface area contributed by atoms with Gasteiger partial charge in [-0.3, -0.25) is 9.69 Å². The Kier molecular flexibility index (Phi) is 9.58. The molecule has 1 aliphatic heterocycles. The van der Waals surface area contributed by atoms with Crippen LogP contribution in [0.5, 0.6) is 0 Å². The molecule has 124 valence electrons. The number of esters is 1. The molecule has 1 fully saturated rings. The highest BCUT2D eigenvalue weighted by Crippen LogP contribution is 2.33. The first-order valence-electron chi connectivity index (χ1n) is 7.89. The van der Waals surface area contributed by atoms with Gasteiger partial charge in [-0.25, -0.2) is 0 Å². The van der Waals surface area contributed by atoms with E-state index in [-0.39, 0.29) is 11.5 Å². The van der Waals surface area contributed by atoms with Gasteiger partial charge >= 0.3 is 5.97 Å². The Balaban J connectivity index is 2.03. The molecule has 7 heteroatoms. The van der Waals surface area contributed by atoms with Crippen molar-refractivity contribution in [2.75, 3.05) is 38.7 Å². The van der Waals surface area contributed by atoms with Crippen molar-refractivity contribution >= 4 is 27.8 Å². The van der Waals surface area contributed by atoms with Crippen molar-refractivity contribution in [3.05, 3.63) is 0 Å². The number of carbonyl (C=O) groups is 1. The number of hydrogen-bond acceptors (Lipinski definition) is 6. The van der Waals surface area contributed by atoms with Gasteiger partial charge in [-0.2, -0.15) is 0 Å². The molecular weight excluding hydrogens is 306 g/mol. The minimum atomic E-state index is -0.397. The van der Waals surface area contributed by atoms with E-state index < -0.39 is 9.76 Å². The summed E-state index contributed by atoms with van der Waals surface area (Å²) in [6.45, 7) is 9.80. The van der Waals surface area contributed by atoms with Crippen LogP contribution in [0.4, 0.5) is 0 Å². The molecule has 5 nitrogen and oxygen atoms in total. The molecule has 1 rings (SSSR count). The van der Waals surface area contributed by atoms with Gasteiger partial charge in [0, 0.05) is 25.4 Å². The molecule has 0 N–H and O–H groups in total. The van der Waals surface area contributed by atoms with Gasteiger partial charge in [-0.1, -0.05) is 0 Å². The second-order valence-electron chi connectivity index (χ2n) is 5.32. The summed E-state index contributed by atoms with van der Waals surface area (Å²) in [5.74, 6) is 0.899. The fourth-order valence-corrected chi connectivity index (χ4v) is 3.52. The zero-order valence-corrected chi connectivity index (χ0v) is 15.8. The Hall–Kier alpha value is -0.0831. The van der Waals surface area contributed by atoms with Crippen LogP contribution in [0.15, 0.2) is 0 Å². The molecule has 0 bridgehead atoms. The number of rotatable bonds is 13. The predicted molar refractivity (Wildman–Crippen MR) is 89.2 cm³/mol. The Morgan fingerprint density at radius 2 is 2.14 bits per heavy atom. The fourth-order valence-electron chi connectivity index (χ4n) is 2.08. The van der Waals surface area contributed by atoms with Crippen LogP contribution in [-0.2, 0) is 18.1 Å². The van der Waals surface area contributed by atoms with Crippen molar-refractivity contribution in [3.8, 4) is 0 Å². The molecule has 0 aromatic heterocycles. The van der Waals surface area contributed by atoms with Gasteiger partial charge in [-0.15, -0.1) is 0 Å². The normalized spacial score (nSPS) is 24.6. The first kappa shape index (κ1) is 19.0. The maximum Gasteiger partial charge on any atom is 0.327 e. The summed E-state index contributed by atoms with van der Waals surface area (Å²) in [6, 6.07) is 1.08. The fraction of sp³-hybridized carbons (Fsp3) is 0.929. The van der Waals surface area contributed by atoms with Gasteiger partial charge in [0.05, 0.1) is 13.2 Å². The molecule has 2 atom stereocenters. The van der Waals surface area contributed by atoms with E-state index in [0.717, 1.165) is 50.9 Å². The van der Waals surface area contributed by atoms with E-state index in [2.05, 4.69) is 4.90 Å². The first-order chi connectivity index (χ1) is 10.1. The van der Waals surface area contributed by atoms with Crippen LogP contribution in [0.3, 0.4) is 0 Å². The molecule has 21 heavy (non-hydrogen) atoms. The summed E-state index contributed by atoms with van der Waals surface area (Å²) in [6.07, 6.45) is 1.96. The van der Waals surface area contributed by atoms with Gasteiger partial charge in [0.15, 0.2) is 9.76 Å². The van der Waals surface area contributed by atoms with Crippen LogP contribution >= 0.6 is 12.0 Å². The molecule has 2 unspecified atom stereocenters. The SMILES string of the molecule is CCO[SiH2]CCCOC(=O)C1(C)CN1CCCSOCC. The zero-order chi connectivity index (χ0) is 15.6. The minimum absolute atomic E-state index is 0.0713. The molecule has 1 heterocycles. The molecule has 0 aromatic carbocycles. The van der Waals surface area contributed by atoms with Gasteiger partial charge in [0.25, 0.3) is 0 Å². The topological polar surface area (TPSA) is 47.8 Å². The Labute approximate surface area is 135 Å². The highest BCUT2D eigenvalue weighted by Gasteiger charge is 2.54. The van der Waals surface area contributed by atoms with Crippen LogP contribution in [0.2, 0.25) is 6.04 Å². The summed E-state index contributed by atoms with van der Waals surface area (Å²) < 4.78 is 16.0. The first-order valence-corrected chi connectivity index (χ1v) is 10.4. The summed E-state index contributed by atoms with van der Waals surface area (Å²) in [7, 11) is -0.397. The average Bonchev–Trinajstić information content (AvgIpc) is 3.14. The number of carbonyl (C=O) groups excluding carboxylic acids is 1. The highest BCUT2D eigenvalue weighted by molar-refractivity contribution is 7.94. The minimum Gasteiger partial charge on any atom is -0.464 e.